The molecule has 1 N–H and O–H groups in total. The molecule has 0 radical (unpaired) electrons. The lowest BCUT2D eigenvalue weighted by Gasteiger charge is -2.16. The van der Waals surface area contributed by atoms with Crippen molar-refractivity contribution < 1.29 is 9.53 Å². The molecule has 3 heteroatoms. The highest BCUT2D eigenvalue weighted by atomic mass is 16.5. The average Bonchev–Trinajstić information content (AvgIpc) is 2.71. The van der Waals surface area contributed by atoms with Gasteiger partial charge >= 0.3 is 5.97 Å². The Hall–Kier alpha value is -1.77. The van der Waals surface area contributed by atoms with E-state index in [-0.39, 0.29) is 5.97 Å². The fourth-order valence-corrected chi connectivity index (χ4v) is 1.55. The quantitative estimate of drug-likeness (QED) is 0.806. The van der Waals surface area contributed by atoms with Crippen LogP contribution in [0.2, 0.25) is 0 Å². The van der Waals surface area contributed by atoms with Crippen LogP contribution in [-0.4, -0.2) is 11.0 Å². The molecule has 0 aliphatic rings. The molecule has 0 aliphatic heterocycles. The molecule has 0 fully saturated rings. The molecule has 0 aliphatic carbocycles. The Morgan fingerprint density at radius 3 is 2.76 bits per heavy atom. The van der Waals surface area contributed by atoms with E-state index in [4.69, 9.17) is 4.74 Å². The minimum absolute atomic E-state index is 0.177. The molecule has 1 aromatic heterocycles. The van der Waals surface area contributed by atoms with Crippen molar-refractivity contribution in [3.8, 4) is 0 Å². The van der Waals surface area contributed by atoms with Crippen LogP contribution in [0.1, 0.15) is 26.3 Å². The molecular formula is C14H17NO2. The summed E-state index contributed by atoms with van der Waals surface area (Å²) in [6, 6.07) is 8.02. The van der Waals surface area contributed by atoms with Gasteiger partial charge in [0.1, 0.15) is 6.61 Å². The van der Waals surface area contributed by atoms with E-state index in [0.29, 0.717) is 6.61 Å². The van der Waals surface area contributed by atoms with E-state index in [1.165, 1.54) is 0 Å². The average molecular weight is 231 g/mol. The summed E-state index contributed by atoms with van der Waals surface area (Å²) in [5.74, 6) is -0.177. The molecule has 0 amide bonds. The predicted molar refractivity (Wildman–Crippen MR) is 67.5 cm³/mol. The Kier molecular flexibility index (Phi) is 2.92. The number of rotatable bonds is 2. The highest BCUT2D eigenvalue weighted by Gasteiger charge is 2.22. The molecule has 0 spiro atoms. The normalized spacial score (nSPS) is 11.7. The maximum atomic E-state index is 11.6. The van der Waals surface area contributed by atoms with E-state index in [2.05, 4.69) is 4.98 Å². The molecule has 2 rings (SSSR count). The predicted octanol–water partition coefficient (Wildman–Crippen LogP) is 3.26. The van der Waals surface area contributed by atoms with Gasteiger partial charge in [0.05, 0.1) is 5.41 Å². The molecule has 3 nitrogen and oxygen atoms in total. The van der Waals surface area contributed by atoms with Gasteiger partial charge in [-0.05, 0) is 43.9 Å². The third-order valence-corrected chi connectivity index (χ3v) is 2.60. The Morgan fingerprint density at radius 1 is 1.29 bits per heavy atom. The van der Waals surface area contributed by atoms with Crippen molar-refractivity contribution in [3.05, 3.63) is 36.0 Å². The number of carbonyl (C=O) groups excluding carboxylic acids is 1. The van der Waals surface area contributed by atoms with E-state index in [1.807, 2.05) is 51.2 Å². The molecule has 0 unspecified atom stereocenters. The van der Waals surface area contributed by atoms with Gasteiger partial charge in [-0.1, -0.05) is 12.1 Å². The lowest BCUT2D eigenvalue weighted by molar-refractivity contribution is -0.154. The number of aromatic amines is 1. The van der Waals surface area contributed by atoms with Gasteiger partial charge in [-0.2, -0.15) is 0 Å². The van der Waals surface area contributed by atoms with Crippen molar-refractivity contribution in [2.75, 3.05) is 0 Å². The van der Waals surface area contributed by atoms with Crippen molar-refractivity contribution in [1.29, 1.82) is 0 Å². The number of fused-ring (bicyclic) bond motifs is 1. The molecule has 1 heterocycles. The van der Waals surface area contributed by atoms with Gasteiger partial charge in [-0.3, -0.25) is 4.79 Å². The van der Waals surface area contributed by atoms with Crippen molar-refractivity contribution in [2.45, 2.75) is 27.4 Å². The lowest BCUT2D eigenvalue weighted by Crippen LogP contribution is -2.22. The van der Waals surface area contributed by atoms with Gasteiger partial charge in [-0.25, -0.2) is 0 Å². The summed E-state index contributed by atoms with van der Waals surface area (Å²) in [7, 11) is 0. The van der Waals surface area contributed by atoms with Crippen molar-refractivity contribution in [3.63, 3.8) is 0 Å². The van der Waals surface area contributed by atoms with Crippen LogP contribution in [0.5, 0.6) is 0 Å². The minimum Gasteiger partial charge on any atom is -0.460 e. The maximum absolute atomic E-state index is 11.6. The number of H-pyrrole nitrogens is 1. The zero-order valence-electron chi connectivity index (χ0n) is 10.4. The second-order valence-electron chi connectivity index (χ2n) is 5.23. The number of nitrogens with one attached hydrogen (secondary N) is 1. The fourth-order valence-electron chi connectivity index (χ4n) is 1.55. The smallest absolute Gasteiger partial charge is 0.311 e. The first-order chi connectivity index (χ1) is 7.97. The number of aromatic nitrogens is 1. The summed E-state index contributed by atoms with van der Waals surface area (Å²) in [5, 5.41) is 1.16. The summed E-state index contributed by atoms with van der Waals surface area (Å²) < 4.78 is 5.27. The van der Waals surface area contributed by atoms with Crippen LogP contribution in [0.4, 0.5) is 0 Å². The molecule has 0 saturated heterocycles. The number of ether oxygens (including phenoxy) is 1. The first kappa shape index (κ1) is 11.7. The molecule has 0 saturated carbocycles. The van der Waals surface area contributed by atoms with E-state index in [9.17, 15) is 4.79 Å². The van der Waals surface area contributed by atoms with Crippen LogP contribution in [-0.2, 0) is 16.1 Å². The molecule has 2 aromatic rings. The molecule has 0 bridgehead atoms. The second kappa shape index (κ2) is 4.24. The first-order valence-corrected chi connectivity index (χ1v) is 5.70. The molecule has 17 heavy (non-hydrogen) atoms. The summed E-state index contributed by atoms with van der Waals surface area (Å²) in [6.45, 7) is 5.88. The van der Waals surface area contributed by atoms with Gasteiger partial charge in [0.25, 0.3) is 0 Å². The number of hydrogen-bond acceptors (Lipinski definition) is 2. The Bertz CT molecular complexity index is 534. The Balaban J connectivity index is 2.06. The molecule has 0 atom stereocenters. The zero-order valence-corrected chi connectivity index (χ0v) is 10.4. The van der Waals surface area contributed by atoms with Gasteiger partial charge in [0.15, 0.2) is 0 Å². The fraction of sp³-hybridized carbons (Fsp3) is 0.357. The summed E-state index contributed by atoms with van der Waals surface area (Å²) >= 11 is 0. The van der Waals surface area contributed by atoms with Gasteiger partial charge in [-0.15, -0.1) is 0 Å². The molecule has 90 valence electrons. The Labute approximate surface area is 101 Å². The first-order valence-electron chi connectivity index (χ1n) is 5.70. The van der Waals surface area contributed by atoms with Crippen molar-refractivity contribution in [1.82, 2.24) is 4.98 Å². The summed E-state index contributed by atoms with van der Waals surface area (Å²) in [5.41, 5.74) is 1.61. The SMILES string of the molecule is CC(C)(C)C(=O)OCc1ccc2cc[nH]c2c1. The number of carbonyl (C=O) groups is 1. The van der Waals surface area contributed by atoms with Crippen LogP contribution in [0.15, 0.2) is 30.5 Å². The third-order valence-electron chi connectivity index (χ3n) is 2.60. The van der Waals surface area contributed by atoms with E-state index in [0.717, 1.165) is 16.5 Å². The molecular weight excluding hydrogens is 214 g/mol. The second-order valence-corrected chi connectivity index (χ2v) is 5.23. The van der Waals surface area contributed by atoms with Crippen LogP contribution in [0, 0.1) is 5.41 Å². The van der Waals surface area contributed by atoms with Crippen molar-refractivity contribution in [2.24, 2.45) is 5.41 Å². The van der Waals surface area contributed by atoms with Crippen LogP contribution < -0.4 is 0 Å². The van der Waals surface area contributed by atoms with Crippen LogP contribution >= 0.6 is 0 Å². The Morgan fingerprint density at radius 2 is 2.06 bits per heavy atom. The topological polar surface area (TPSA) is 42.1 Å². The standard InChI is InChI=1S/C14H17NO2/c1-14(2,3)13(16)17-9-10-4-5-11-6-7-15-12(11)8-10/h4-8,15H,9H2,1-3H3. The van der Waals surface area contributed by atoms with Crippen LogP contribution in [0.3, 0.4) is 0 Å². The van der Waals surface area contributed by atoms with Gasteiger partial charge < -0.3 is 9.72 Å². The third kappa shape index (κ3) is 2.67. The van der Waals surface area contributed by atoms with Gasteiger partial charge in [0, 0.05) is 11.7 Å². The maximum Gasteiger partial charge on any atom is 0.311 e. The van der Waals surface area contributed by atoms with E-state index >= 15 is 0 Å². The van der Waals surface area contributed by atoms with Gasteiger partial charge in [0.2, 0.25) is 0 Å². The number of benzene rings is 1. The van der Waals surface area contributed by atoms with E-state index in [1.54, 1.807) is 0 Å². The summed E-state index contributed by atoms with van der Waals surface area (Å²) in [6.07, 6.45) is 1.90. The lowest BCUT2D eigenvalue weighted by atomic mass is 9.97. The minimum atomic E-state index is -0.448. The van der Waals surface area contributed by atoms with E-state index < -0.39 is 5.41 Å². The highest BCUT2D eigenvalue weighted by Crippen LogP contribution is 2.18. The monoisotopic (exact) mass is 231 g/mol. The van der Waals surface area contributed by atoms with Crippen LogP contribution in [0.25, 0.3) is 10.9 Å². The summed E-state index contributed by atoms with van der Waals surface area (Å²) in [4.78, 5) is 14.8. The highest BCUT2D eigenvalue weighted by molar-refractivity contribution is 5.80. The number of esters is 1. The molecule has 1 aromatic carbocycles. The van der Waals surface area contributed by atoms with Crippen molar-refractivity contribution >= 4 is 16.9 Å². The zero-order chi connectivity index (χ0) is 12.5. The number of hydrogen-bond donors (Lipinski definition) is 1. The largest absolute Gasteiger partial charge is 0.460 e.